The van der Waals surface area contributed by atoms with Crippen LogP contribution in [0.15, 0.2) is 48.5 Å². The number of ether oxygens (including phenoxy) is 1. The average Bonchev–Trinajstić information content (AvgIpc) is 2.87. The maximum absolute atomic E-state index is 14.0. The van der Waals surface area contributed by atoms with Gasteiger partial charge in [-0.15, -0.1) is 0 Å². The number of piperidine rings is 2. The van der Waals surface area contributed by atoms with E-state index in [-0.39, 0.29) is 24.6 Å². The highest BCUT2D eigenvalue weighted by Gasteiger charge is 2.35. The van der Waals surface area contributed by atoms with E-state index in [9.17, 15) is 23.2 Å². The monoisotopic (exact) mass is 470 g/mol. The molecule has 34 heavy (non-hydrogen) atoms. The molecule has 2 saturated heterocycles. The van der Waals surface area contributed by atoms with Crippen molar-refractivity contribution in [2.45, 2.75) is 38.2 Å². The molecule has 0 spiro atoms. The molecule has 2 aliphatic rings. The molecular weight excluding hydrogens is 442 g/mol. The van der Waals surface area contributed by atoms with Crippen LogP contribution in [0.4, 0.5) is 8.78 Å². The van der Waals surface area contributed by atoms with Gasteiger partial charge in [-0.1, -0.05) is 30.3 Å². The number of halogens is 2. The molecule has 0 aliphatic carbocycles. The third-order valence-corrected chi connectivity index (χ3v) is 6.51. The van der Waals surface area contributed by atoms with Crippen LogP contribution in [-0.2, 0) is 14.3 Å². The van der Waals surface area contributed by atoms with Gasteiger partial charge in [0.05, 0.1) is 11.5 Å². The zero-order valence-electron chi connectivity index (χ0n) is 18.9. The summed E-state index contributed by atoms with van der Waals surface area (Å²) < 4.78 is 32.9. The van der Waals surface area contributed by atoms with Crippen molar-refractivity contribution in [3.8, 4) is 0 Å². The van der Waals surface area contributed by atoms with Crippen LogP contribution in [0.5, 0.6) is 0 Å². The maximum Gasteiger partial charge on any atom is 0.310 e. The smallest absolute Gasteiger partial charge is 0.310 e. The van der Waals surface area contributed by atoms with Gasteiger partial charge in [0.25, 0.3) is 11.8 Å². The topological polar surface area (TPSA) is 66.9 Å². The summed E-state index contributed by atoms with van der Waals surface area (Å²) in [4.78, 5) is 42.1. The fourth-order valence-electron chi connectivity index (χ4n) is 4.53. The molecule has 0 radical (unpaired) electrons. The number of rotatable bonds is 5. The zero-order valence-corrected chi connectivity index (χ0v) is 18.9. The van der Waals surface area contributed by atoms with E-state index in [0.717, 1.165) is 31.4 Å². The summed E-state index contributed by atoms with van der Waals surface area (Å²) in [6.07, 6.45) is 2.63. The number of carbonyl (C=O) groups is 3. The number of hydrogen-bond acceptors (Lipinski definition) is 4. The van der Waals surface area contributed by atoms with Crippen molar-refractivity contribution in [2.75, 3.05) is 26.2 Å². The van der Waals surface area contributed by atoms with Gasteiger partial charge < -0.3 is 14.5 Å². The molecule has 4 rings (SSSR count). The van der Waals surface area contributed by atoms with Crippen LogP contribution in [0.3, 0.4) is 0 Å². The van der Waals surface area contributed by atoms with E-state index in [2.05, 4.69) is 0 Å². The number of carbonyl (C=O) groups excluding carboxylic acids is 3. The van der Waals surface area contributed by atoms with Crippen LogP contribution < -0.4 is 0 Å². The van der Waals surface area contributed by atoms with Crippen molar-refractivity contribution in [3.63, 3.8) is 0 Å². The molecule has 0 bridgehead atoms. The largest absolute Gasteiger partial charge is 0.447 e. The summed E-state index contributed by atoms with van der Waals surface area (Å²) in [5.41, 5.74) is 0.435. The van der Waals surface area contributed by atoms with E-state index in [1.54, 1.807) is 29.2 Å². The number of benzene rings is 2. The van der Waals surface area contributed by atoms with Crippen molar-refractivity contribution in [1.82, 2.24) is 9.80 Å². The Morgan fingerprint density at radius 3 is 2.18 bits per heavy atom. The Morgan fingerprint density at radius 1 is 0.853 bits per heavy atom. The predicted molar refractivity (Wildman–Crippen MR) is 121 cm³/mol. The standard InChI is InChI=1S/C26H28F2N2O4/c27-20-9-10-21(22(28)17-20)24(31)30-15-11-19(12-16-30)26(33)34-23(18-7-3-1-4-8-18)25(32)29-13-5-2-6-14-29/h1,3-4,7-10,17,19,23H,2,5-6,11-16H2/t23-/m0/s1. The zero-order chi connectivity index (χ0) is 24.1. The molecule has 0 aromatic heterocycles. The molecular formula is C26H28F2N2O4. The summed E-state index contributed by atoms with van der Waals surface area (Å²) >= 11 is 0. The van der Waals surface area contributed by atoms with Crippen LogP contribution in [0.1, 0.15) is 54.1 Å². The molecule has 2 aliphatic heterocycles. The van der Waals surface area contributed by atoms with Gasteiger partial charge >= 0.3 is 5.97 Å². The lowest BCUT2D eigenvalue weighted by molar-refractivity contribution is -0.165. The predicted octanol–water partition coefficient (Wildman–Crippen LogP) is 4.11. The van der Waals surface area contributed by atoms with E-state index < -0.39 is 35.5 Å². The molecule has 6 nitrogen and oxygen atoms in total. The van der Waals surface area contributed by atoms with E-state index in [0.29, 0.717) is 37.6 Å². The number of esters is 1. The van der Waals surface area contributed by atoms with E-state index >= 15 is 0 Å². The van der Waals surface area contributed by atoms with Crippen molar-refractivity contribution < 1.29 is 27.9 Å². The van der Waals surface area contributed by atoms with Gasteiger partial charge in [-0.25, -0.2) is 8.78 Å². The minimum atomic E-state index is -1.00. The van der Waals surface area contributed by atoms with Gasteiger partial charge in [0.2, 0.25) is 6.10 Å². The second kappa shape index (κ2) is 10.8. The SMILES string of the molecule is O=C(O[C@H](C(=O)N1CCCCC1)c1ccccc1)C1CCN(C(=O)c2ccc(F)cc2F)CC1. The fourth-order valence-corrected chi connectivity index (χ4v) is 4.53. The third kappa shape index (κ3) is 5.43. The Labute approximate surface area is 197 Å². The molecule has 8 heteroatoms. The highest BCUT2D eigenvalue weighted by atomic mass is 19.1. The molecule has 0 unspecified atom stereocenters. The molecule has 180 valence electrons. The van der Waals surface area contributed by atoms with Crippen LogP contribution in [0.25, 0.3) is 0 Å². The van der Waals surface area contributed by atoms with E-state index in [1.807, 2.05) is 6.07 Å². The lowest BCUT2D eigenvalue weighted by Gasteiger charge is -2.33. The molecule has 2 aromatic rings. The van der Waals surface area contributed by atoms with Crippen LogP contribution >= 0.6 is 0 Å². The highest BCUT2D eigenvalue weighted by Crippen LogP contribution is 2.27. The van der Waals surface area contributed by atoms with Crippen molar-refractivity contribution in [1.29, 1.82) is 0 Å². The first-order chi connectivity index (χ1) is 16.4. The first-order valence-electron chi connectivity index (χ1n) is 11.7. The molecule has 0 N–H and O–H groups in total. The highest BCUT2D eigenvalue weighted by molar-refractivity contribution is 5.94. The van der Waals surface area contributed by atoms with Gasteiger partial charge in [-0.3, -0.25) is 14.4 Å². The minimum Gasteiger partial charge on any atom is -0.447 e. The van der Waals surface area contributed by atoms with Gasteiger partial charge in [0.15, 0.2) is 0 Å². The summed E-state index contributed by atoms with van der Waals surface area (Å²) in [6, 6.07) is 11.9. The van der Waals surface area contributed by atoms with Crippen molar-refractivity contribution >= 4 is 17.8 Å². The van der Waals surface area contributed by atoms with Gasteiger partial charge in [0, 0.05) is 37.8 Å². The summed E-state index contributed by atoms with van der Waals surface area (Å²) in [7, 11) is 0. The second-order valence-corrected chi connectivity index (χ2v) is 8.80. The quantitative estimate of drug-likeness (QED) is 0.617. The molecule has 2 heterocycles. The van der Waals surface area contributed by atoms with Crippen LogP contribution in [0, 0.1) is 17.6 Å². The Morgan fingerprint density at radius 2 is 1.53 bits per heavy atom. The number of amides is 2. The molecule has 2 amide bonds. The number of likely N-dealkylation sites (tertiary alicyclic amines) is 2. The Hall–Kier alpha value is -3.29. The first kappa shape index (κ1) is 23.9. The molecule has 0 saturated carbocycles. The maximum atomic E-state index is 14.0. The molecule has 2 aromatic carbocycles. The van der Waals surface area contributed by atoms with Gasteiger partial charge in [-0.2, -0.15) is 0 Å². The van der Waals surface area contributed by atoms with Crippen LogP contribution in [0.2, 0.25) is 0 Å². The van der Waals surface area contributed by atoms with Gasteiger partial charge in [-0.05, 0) is 44.2 Å². The van der Waals surface area contributed by atoms with E-state index in [4.69, 9.17) is 4.74 Å². The Balaban J connectivity index is 1.40. The first-order valence-corrected chi connectivity index (χ1v) is 11.7. The summed E-state index contributed by atoms with van der Waals surface area (Å²) in [5.74, 6) is -3.34. The normalized spacial score (nSPS) is 17.8. The van der Waals surface area contributed by atoms with Crippen LogP contribution in [-0.4, -0.2) is 53.8 Å². The van der Waals surface area contributed by atoms with Crippen molar-refractivity contribution in [3.05, 3.63) is 71.3 Å². The van der Waals surface area contributed by atoms with Gasteiger partial charge in [0.1, 0.15) is 11.6 Å². The Bertz CT molecular complexity index is 1030. The third-order valence-electron chi connectivity index (χ3n) is 6.51. The molecule has 1 atom stereocenters. The molecule has 2 fully saturated rings. The number of hydrogen-bond donors (Lipinski definition) is 0. The number of nitrogens with zero attached hydrogens (tertiary/aromatic N) is 2. The Kier molecular flexibility index (Phi) is 7.55. The van der Waals surface area contributed by atoms with Crippen molar-refractivity contribution in [2.24, 2.45) is 5.92 Å². The lowest BCUT2D eigenvalue weighted by atomic mass is 9.96. The second-order valence-electron chi connectivity index (χ2n) is 8.80. The van der Waals surface area contributed by atoms with E-state index in [1.165, 1.54) is 4.90 Å². The lowest BCUT2D eigenvalue weighted by Crippen LogP contribution is -2.43. The summed E-state index contributed by atoms with van der Waals surface area (Å²) in [6.45, 7) is 1.79. The summed E-state index contributed by atoms with van der Waals surface area (Å²) in [5, 5.41) is 0. The average molecular weight is 471 g/mol. The fraction of sp³-hybridized carbons (Fsp3) is 0.423. The minimum absolute atomic E-state index is 0.196.